The fourth-order valence-corrected chi connectivity index (χ4v) is 1.57. The van der Waals surface area contributed by atoms with Crippen LogP contribution in [-0.2, 0) is 6.54 Å². The Labute approximate surface area is 103 Å². The summed E-state index contributed by atoms with van der Waals surface area (Å²) in [6.07, 6.45) is 5.11. The van der Waals surface area contributed by atoms with E-state index in [0.29, 0.717) is 13.1 Å². The second kappa shape index (κ2) is 5.14. The Balaban J connectivity index is 1.90. The normalized spacial score (nSPS) is 10.5. The Kier molecular flexibility index (Phi) is 3.58. The molecular formula is C11H12ClFN4. The Morgan fingerprint density at radius 3 is 2.94 bits per heavy atom. The molecule has 0 fully saturated rings. The fraction of sp³-hybridized carbons (Fsp3) is 0.273. The van der Waals surface area contributed by atoms with Crippen LogP contribution in [0.3, 0.4) is 0 Å². The third-order valence-electron chi connectivity index (χ3n) is 2.20. The second-order valence-corrected chi connectivity index (χ2v) is 4.13. The minimum Gasteiger partial charge on any atom is -0.366 e. The molecule has 4 nitrogen and oxygen atoms in total. The summed E-state index contributed by atoms with van der Waals surface area (Å²) < 4.78 is 15.1. The van der Waals surface area contributed by atoms with Gasteiger partial charge in [-0.05, 0) is 18.6 Å². The first-order valence-electron chi connectivity index (χ1n) is 5.19. The molecule has 0 saturated heterocycles. The number of pyridine rings is 1. The molecule has 0 aromatic carbocycles. The average Bonchev–Trinajstić information content (AvgIpc) is 2.68. The number of nitrogens with zero attached hydrogens (tertiary/aromatic N) is 3. The summed E-state index contributed by atoms with van der Waals surface area (Å²) in [5.41, 5.74) is 1.10. The largest absolute Gasteiger partial charge is 0.366 e. The maximum absolute atomic E-state index is 13.3. The van der Waals surface area contributed by atoms with Gasteiger partial charge in [-0.15, -0.1) is 0 Å². The third kappa shape index (κ3) is 3.17. The summed E-state index contributed by atoms with van der Waals surface area (Å²) in [6, 6.07) is 1.23. The van der Waals surface area contributed by atoms with E-state index < -0.39 is 5.82 Å². The lowest BCUT2D eigenvalue weighted by Crippen LogP contribution is -2.12. The number of rotatable bonds is 4. The Bertz CT molecular complexity index is 512. The van der Waals surface area contributed by atoms with Crippen molar-refractivity contribution in [2.75, 3.05) is 11.9 Å². The minimum absolute atomic E-state index is 0.207. The van der Waals surface area contributed by atoms with E-state index in [1.165, 1.54) is 12.3 Å². The molecule has 17 heavy (non-hydrogen) atoms. The van der Waals surface area contributed by atoms with Crippen LogP contribution in [0, 0.1) is 12.7 Å². The van der Waals surface area contributed by atoms with Crippen LogP contribution in [0.4, 0.5) is 10.2 Å². The molecule has 0 aliphatic heterocycles. The van der Waals surface area contributed by atoms with E-state index in [0.717, 1.165) is 5.56 Å². The van der Waals surface area contributed by atoms with Crippen molar-refractivity contribution < 1.29 is 4.39 Å². The fourth-order valence-electron chi connectivity index (χ4n) is 1.42. The smallest absolute Gasteiger partial charge is 0.166 e. The molecule has 0 radical (unpaired) electrons. The molecule has 2 aromatic heterocycles. The van der Waals surface area contributed by atoms with E-state index in [1.807, 2.05) is 13.1 Å². The SMILES string of the molecule is Cc1cnn(CCNc2ncc(Cl)cc2F)c1. The van der Waals surface area contributed by atoms with Gasteiger partial charge in [-0.1, -0.05) is 11.6 Å². The van der Waals surface area contributed by atoms with Gasteiger partial charge >= 0.3 is 0 Å². The van der Waals surface area contributed by atoms with Crippen LogP contribution in [0.25, 0.3) is 0 Å². The van der Waals surface area contributed by atoms with Gasteiger partial charge in [0.25, 0.3) is 0 Å². The summed E-state index contributed by atoms with van der Waals surface area (Å²) >= 11 is 5.61. The van der Waals surface area contributed by atoms with E-state index >= 15 is 0 Å². The summed E-state index contributed by atoms with van der Waals surface area (Å²) in [6.45, 7) is 3.17. The van der Waals surface area contributed by atoms with Crippen LogP contribution in [0.15, 0.2) is 24.7 Å². The number of hydrogen-bond donors (Lipinski definition) is 1. The van der Waals surface area contributed by atoms with Gasteiger partial charge in [0, 0.05) is 18.9 Å². The van der Waals surface area contributed by atoms with E-state index in [4.69, 9.17) is 11.6 Å². The standard InChI is InChI=1S/C11H12ClFN4/c1-8-5-16-17(7-8)3-2-14-11-10(13)4-9(12)6-15-11/h4-7H,2-3H2,1H3,(H,14,15). The zero-order valence-electron chi connectivity index (χ0n) is 9.32. The van der Waals surface area contributed by atoms with Crippen molar-refractivity contribution in [3.8, 4) is 0 Å². The van der Waals surface area contributed by atoms with Gasteiger partial charge in [0.2, 0.25) is 0 Å². The maximum Gasteiger partial charge on any atom is 0.166 e. The van der Waals surface area contributed by atoms with Crippen molar-refractivity contribution in [3.63, 3.8) is 0 Å². The van der Waals surface area contributed by atoms with E-state index in [1.54, 1.807) is 10.9 Å². The molecule has 6 heteroatoms. The van der Waals surface area contributed by atoms with Gasteiger partial charge in [0.15, 0.2) is 11.6 Å². The Hall–Kier alpha value is -1.62. The lowest BCUT2D eigenvalue weighted by atomic mass is 10.4. The predicted molar refractivity (Wildman–Crippen MR) is 64.7 cm³/mol. The number of anilines is 1. The van der Waals surface area contributed by atoms with Crippen molar-refractivity contribution in [2.24, 2.45) is 0 Å². The molecule has 0 saturated carbocycles. The summed E-state index contributed by atoms with van der Waals surface area (Å²) in [5.74, 6) is -0.243. The Morgan fingerprint density at radius 1 is 1.47 bits per heavy atom. The molecule has 2 heterocycles. The molecule has 1 N–H and O–H groups in total. The monoisotopic (exact) mass is 254 g/mol. The molecule has 2 rings (SSSR count). The van der Waals surface area contributed by atoms with Crippen molar-refractivity contribution >= 4 is 17.4 Å². The first kappa shape index (κ1) is 11.9. The topological polar surface area (TPSA) is 42.7 Å². The quantitative estimate of drug-likeness (QED) is 0.912. The number of aromatic nitrogens is 3. The lowest BCUT2D eigenvalue weighted by Gasteiger charge is -2.06. The van der Waals surface area contributed by atoms with Gasteiger partial charge in [-0.3, -0.25) is 4.68 Å². The van der Waals surface area contributed by atoms with E-state index in [9.17, 15) is 4.39 Å². The Morgan fingerprint density at radius 2 is 2.29 bits per heavy atom. The maximum atomic E-state index is 13.3. The zero-order valence-corrected chi connectivity index (χ0v) is 10.1. The molecule has 0 unspecified atom stereocenters. The molecule has 0 aliphatic rings. The predicted octanol–water partition coefficient (Wildman–Crippen LogP) is 2.49. The van der Waals surface area contributed by atoms with Crippen LogP contribution in [0.2, 0.25) is 5.02 Å². The van der Waals surface area contributed by atoms with Crippen molar-refractivity contribution in [1.82, 2.24) is 14.8 Å². The van der Waals surface area contributed by atoms with Crippen LogP contribution < -0.4 is 5.32 Å². The first-order chi connectivity index (χ1) is 8.15. The highest BCUT2D eigenvalue weighted by molar-refractivity contribution is 6.30. The van der Waals surface area contributed by atoms with Crippen molar-refractivity contribution in [1.29, 1.82) is 0 Å². The molecule has 0 aliphatic carbocycles. The third-order valence-corrected chi connectivity index (χ3v) is 2.41. The van der Waals surface area contributed by atoms with Gasteiger partial charge in [-0.2, -0.15) is 5.10 Å². The zero-order chi connectivity index (χ0) is 12.3. The van der Waals surface area contributed by atoms with Crippen LogP contribution in [-0.4, -0.2) is 21.3 Å². The molecule has 2 aromatic rings. The highest BCUT2D eigenvalue weighted by Gasteiger charge is 2.03. The summed E-state index contributed by atoms with van der Waals surface area (Å²) in [7, 11) is 0. The molecule has 0 amide bonds. The summed E-state index contributed by atoms with van der Waals surface area (Å²) in [4.78, 5) is 3.87. The summed E-state index contributed by atoms with van der Waals surface area (Å²) in [5, 5.41) is 7.30. The first-order valence-corrected chi connectivity index (χ1v) is 5.57. The molecule has 0 atom stereocenters. The number of nitrogens with one attached hydrogen (secondary N) is 1. The minimum atomic E-state index is -0.450. The van der Waals surface area contributed by atoms with E-state index in [-0.39, 0.29) is 10.8 Å². The number of hydrogen-bond acceptors (Lipinski definition) is 3. The highest BCUT2D eigenvalue weighted by Crippen LogP contribution is 2.15. The van der Waals surface area contributed by atoms with Gasteiger partial charge < -0.3 is 5.32 Å². The van der Waals surface area contributed by atoms with Crippen molar-refractivity contribution in [2.45, 2.75) is 13.5 Å². The van der Waals surface area contributed by atoms with Crippen LogP contribution in [0.1, 0.15) is 5.56 Å². The highest BCUT2D eigenvalue weighted by atomic mass is 35.5. The van der Waals surface area contributed by atoms with Gasteiger partial charge in [-0.25, -0.2) is 9.37 Å². The number of halogens is 2. The van der Waals surface area contributed by atoms with Crippen LogP contribution >= 0.6 is 11.6 Å². The second-order valence-electron chi connectivity index (χ2n) is 3.69. The van der Waals surface area contributed by atoms with Gasteiger partial charge in [0.1, 0.15) is 0 Å². The number of aryl methyl sites for hydroxylation is 1. The lowest BCUT2D eigenvalue weighted by molar-refractivity contribution is 0.612. The van der Waals surface area contributed by atoms with Crippen LogP contribution in [0.5, 0.6) is 0 Å². The van der Waals surface area contributed by atoms with Gasteiger partial charge in [0.05, 0.1) is 17.8 Å². The molecule has 90 valence electrons. The van der Waals surface area contributed by atoms with Crippen molar-refractivity contribution in [3.05, 3.63) is 41.1 Å². The molecule has 0 bridgehead atoms. The molecule has 0 spiro atoms. The average molecular weight is 255 g/mol. The molecular weight excluding hydrogens is 243 g/mol. The van der Waals surface area contributed by atoms with E-state index in [2.05, 4.69) is 15.4 Å².